The van der Waals surface area contributed by atoms with Crippen LogP contribution in [0.4, 0.5) is 0 Å². The van der Waals surface area contributed by atoms with Crippen molar-refractivity contribution in [3.8, 4) is 0 Å². The lowest BCUT2D eigenvalue weighted by Gasteiger charge is -2.20. The monoisotopic (exact) mass is 313 g/mol. The first-order valence-corrected chi connectivity index (χ1v) is 9.57. The largest absolute Gasteiger partial charge is 0.313 e. The van der Waals surface area contributed by atoms with Crippen LogP contribution in [0.1, 0.15) is 0 Å². The molecule has 3 nitrogen and oxygen atoms in total. The van der Waals surface area contributed by atoms with E-state index in [1.54, 1.807) is 0 Å². The second-order valence-corrected chi connectivity index (χ2v) is 8.73. The molecule has 1 aliphatic heterocycles. The van der Waals surface area contributed by atoms with Crippen LogP contribution < -0.4 is 10.6 Å². The van der Waals surface area contributed by atoms with Crippen LogP contribution in [0.15, 0.2) is 60.7 Å². The molecule has 0 spiro atoms. The lowest BCUT2D eigenvalue weighted by Crippen LogP contribution is -2.28. The zero-order valence-electron chi connectivity index (χ0n) is 12.9. The van der Waals surface area contributed by atoms with Gasteiger partial charge in [-0.25, -0.2) is 0 Å². The van der Waals surface area contributed by atoms with E-state index < -0.39 is 7.14 Å². The van der Waals surface area contributed by atoms with E-state index >= 15 is 0 Å². The van der Waals surface area contributed by atoms with Crippen LogP contribution in [0.3, 0.4) is 0 Å². The average molecular weight is 313 g/mol. The maximum Gasteiger partial charge on any atom is 0.234 e. The van der Waals surface area contributed by atoms with Gasteiger partial charge in [-0.15, -0.1) is 0 Å². The van der Waals surface area contributed by atoms with Crippen LogP contribution in [-0.2, 0) is 4.57 Å². The molecule has 0 saturated carbocycles. The first kappa shape index (κ1) is 15.1. The number of rotatable bonds is 5. The minimum atomic E-state index is -2.58. The summed E-state index contributed by atoms with van der Waals surface area (Å²) in [5, 5.41) is 1.91. The fraction of sp³-hybridized carbons (Fsp3) is 0.278. The summed E-state index contributed by atoms with van der Waals surface area (Å²) in [6.07, 6.45) is 2.80. The molecule has 0 amide bonds. The minimum Gasteiger partial charge on any atom is -0.313 e. The molecule has 114 valence electrons. The van der Waals surface area contributed by atoms with Gasteiger partial charge >= 0.3 is 0 Å². The third-order valence-corrected chi connectivity index (χ3v) is 7.24. The van der Waals surface area contributed by atoms with Crippen molar-refractivity contribution < 1.29 is 9.14 Å². The summed E-state index contributed by atoms with van der Waals surface area (Å²) in [4.78, 5) is 2.26. The quantitative estimate of drug-likeness (QED) is 0.622. The van der Waals surface area contributed by atoms with E-state index in [4.69, 9.17) is 0 Å². The lowest BCUT2D eigenvalue weighted by molar-refractivity contribution is -0.482. The van der Waals surface area contributed by atoms with Gasteiger partial charge < -0.3 is 4.57 Å². The summed E-state index contributed by atoms with van der Waals surface area (Å²) in [5.74, 6) is 0. The second kappa shape index (κ2) is 6.50. The number of hydrogen-bond acceptors (Lipinski definition) is 2. The van der Waals surface area contributed by atoms with Crippen molar-refractivity contribution in [1.29, 1.82) is 0 Å². The Morgan fingerprint density at radius 1 is 1.00 bits per heavy atom. The fourth-order valence-corrected chi connectivity index (χ4v) is 5.52. The molecule has 0 aromatic heterocycles. The molecule has 0 atom stereocenters. The number of likely N-dealkylation sites (N-methyl/N-ethyl adjacent to an activating group) is 1. The highest BCUT2D eigenvalue weighted by molar-refractivity contribution is 7.78. The molecule has 1 aliphatic rings. The van der Waals surface area contributed by atoms with Gasteiger partial charge in [0.15, 0.2) is 0 Å². The predicted molar refractivity (Wildman–Crippen MR) is 93.3 cm³/mol. The van der Waals surface area contributed by atoms with Crippen molar-refractivity contribution in [2.75, 3.05) is 32.8 Å². The first-order valence-electron chi connectivity index (χ1n) is 7.68. The van der Waals surface area contributed by atoms with Crippen LogP contribution >= 0.6 is 7.14 Å². The van der Waals surface area contributed by atoms with Gasteiger partial charge in [0.05, 0.1) is 13.6 Å². The van der Waals surface area contributed by atoms with Crippen molar-refractivity contribution >= 4 is 24.1 Å². The second-order valence-electron chi connectivity index (χ2n) is 5.77. The van der Waals surface area contributed by atoms with E-state index in [1.165, 1.54) is 0 Å². The van der Waals surface area contributed by atoms with Crippen LogP contribution in [-0.4, -0.2) is 48.7 Å². The summed E-state index contributed by atoms with van der Waals surface area (Å²) in [6.45, 7) is 2.88. The summed E-state index contributed by atoms with van der Waals surface area (Å²) < 4.78 is 16.0. The molecule has 22 heavy (non-hydrogen) atoms. The van der Waals surface area contributed by atoms with Gasteiger partial charge in [0.1, 0.15) is 20.2 Å². The summed E-state index contributed by atoms with van der Waals surface area (Å²) in [5.41, 5.74) is 0. The molecule has 4 heteroatoms. The Kier molecular flexibility index (Phi) is 4.44. The maximum atomic E-state index is 13.8. The van der Waals surface area contributed by atoms with Crippen molar-refractivity contribution in [2.45, 2.75) is 0 Å². The topological polar surface area (TPSA) is 23.3 Å². The summed E-state index contributed by atoms with van der Waals surface area (Å²) in [6, 6.07) is 19.8. The van der Waals surface area contributed by atoms with E-state index in [-0.39, 0.29) is 0 Å². The zero-order chi connectivity index (χ0) is 15.4. The zero-order valence-corrected chi connectivity index (χ0v) is 13.8. The number of nitrogens with zero attached hydrogens (tertiary/aromatic N) is 2. The van der Waals surface area contributed by atoms with E-state index in [0.717, 1.165) is 30.2 Å². The van der Waals surface area contributed by atoms with Gasteiger partial charge in [-0.3, -0.25) is 9.48 Å². The SMILES string of the molecule is C[N+]1=CN(CCP(=O)(c2ccccc2)c2ccccc2)CC1. The molecule has 0 radical (unpaired) electrons. The van der Waals surface area contributed by atoms with Gasteiger partial charge in [-0.05, 0) is 0 Å². The maximum absolute atomic E-state index is 13.8. The summed E-state index contributed by atoms with van der Waals surface area (Å²) >= 11 is 0. The molecule has 0 saturated heterocycles. The fourth-order valence-electron chi connectivity index (χ4n) is 2.86. The minimum absolute atomic E-state index is 0.672. The Balaban J connectivity index is 1.89. The van der Waals surface area contributed by atoms with E-state index in [2.05, 4.69) is 22.9 Å². The molecule has 0 unspecified atom stereocenters. The molecule has 3 rings (SSSR count). The number of hydrogen-bond donors (Lipinski definition) is 0. The Bertz CT molecular complexity index is 654. The molecule has 2 aromatic rings. The molecule has 1 heterocycles. The standard InChI is InChI=1S/C18H22N2OP/c1-19-12-13-20(16-19)14-15-22(21,17-8-4-2-5-9-17)18-10-6-3-7-11-18/h2-11,16H,12-15H2,1H3/q+1. The normalized spacial score (nSPS) is 15.0. The molecular formula is C18H22N2OP+. The molecule has 0 fully saturated rings. The van der Waals surface area contributed by atoms with Crippen LogP contribution in [0, 0.1) is 0 Å². The third kappa shape index (κ3) is 3.15. The van der Waals surface area contributed by atoms with Crippen LogP contribution in [0.25, 0.3) is 0 Å². The van der Waals surface area contributed by atoms with Gasteiger partial charge in [-0.1, -0.05) is 60.7 Å². The highest BCUT2D eigenvalue weighted by Gasteiger charge is 2.29. The van der Waals surface area contributed by atoms with Crippen molar-refractivity contribution in [1.82, 2.24) is 4.90 Å². The highest BCUT2D eigenvalue weighted by atomic mass is 31.2. The smallest absolute Gasteiger partial charge is 0.234 e. The van der Waals surface area contributed by atoms with Gasteiger partial charge in [0.2, 0.25) is 6.34 Å². The first-order chi connectivity index (χ1) is 10.7. The number of benzene rings is 2. The highest BCUT2D eigenvalue weighted by Crippen LogP contribution is 2.42. The van der Waals surface area contributed by atoms with Crippen molar-refractivity contribution in [2.24, 2.45) is 0 Å². The lowest BCUT2D eigenvalue weighted by atomic mass is 10.4. The van der Waals surface area contributed by atoms with Gasteiger partial charge in [0, 0.05) is 16.8 Å². The van der Waals surface area contributed by atoms with Crippen molar-refractivity contribution in [3.05, 3.63) is 60.7 Å². The Labute approximate surface area is 132 Å². The van der Waals surface area contributed by atoms with E-state index in [0.29, 0.717) is 6.16 Å². The van der Waals surface area contributed by atoms with E-state index in [1.807, 2.05) is 60.7 Å². The molecule has 2 aromatic carbocycles. The van der Waals surface area contributed by atoms with Crippen molar-refractivity contribution in [3.63, 3.8) is 0 Å². The summed E-state index contributed by atoms with van der Waals surface area (Å²) in [7, 11) is -0.499. The molecule has 0 aliphatic carbocycles. The van der Waals surface area contributed by atoms with Gasteiger partial charge in [0.25, 0.3) is 0 Å². The average Bonchev–Trinajstić information content (AvgIpc) is 3.00. The molecular weight excluding hydrogens is 291 g/mol. The van der Waals surface area contributed by atoms with Crippen LogP contribution in [0.2, 0.25) is 0 Å². The Morgan fingerprint density at radius 2 is 1.55 bits per heavy atom. The molecule has 0 N–H and O–H groups in total. The molecule has 0 bridgehead atoms. The van der Waals surface area contributed by atoms with E-state index in [9.17, 15) is 4.57 Å². The Hall–Kier alpha value is -1.86. The van der Waals surface area contributed by atoms with Crippen LogP contribution in [0.5, 0.6) is 0 Å². The van der Waals surface area contributed by atoms with Gasteiger partial charge in [-0.2, -0.15) is 0 Å². The predicted octanol–water partition coefficient (Wildman–Crippen LogP) is 1.99. The Morgan fingerprint density at radius 3 is 2.00 bits per heavy atom. The third-order valence-electron chi connectivity index (χ3n) is 4.15.